The van der Waals surface area contributed by atoms with E-state index in [1.165, 1.54) is 0 Å². The van der Waals surface area contributed by atoms with Gasteiger partial charge in [0.15, 0.2) is 6.61 Å². The van der Waals surface area contributed by atoms with Crippen molar-refractivity contribution in [2.75, 3.05) is 0 Å². The fourth-order valence-electron chi connectivity index (χ4n) is 1.09. The third-order valence-electron chi connectivity index (χ3n) is 1.79. The standard InChI is InChI=1S/C10H11N3O2/c11-6-9-12-13-10(15-9)7-14-8-4-2-1-3-5-8/h1-5H,6-7,11H2. The van der Waals surface area contributed by atoms with Gasteiger partial charge in [-0.2, -0.15) is 0 Å². The van der Waals surface area contributed by atoms with Crippen molar-refractivity contribution in [2.45, 2.75) is 13.2 Å². The zero-order valence-electron chi connectivity index (χ0n) is 8.09. The Morgan fingerprint density at radius 2 is 1.87 bits per heavy atom. The molecular weight excluding hydrogens is 194 g/mol. The topological polar surface area (TPSA) is 74.2 Å². The summed E-state index contributed by atoms with van der Waals surface area (Å²) in [7, 11) is 0. The van der Waals surface area contributed by atoms with Crippen LogP contribution in [-0.2, 0) is 13.2 Å². The summed E-state index contributed by atoms with van der Waals surface area (Å²) < 4.78 is 10.6. The molecule has 2 aromatic rings. The molecule has 1 heterocycles. The minimum atomic E-state index is 0.248. The monoisotopic (exact) mass is 205 g/mol. The van der Waals surface area contributed by atoms with Crippen molar-refractivity contribution in [3.05, 3.63) is 42.1 Å². The van der Waals surface area contributed by atoms with Gasteiger partial charge in [0, 0.05) is 0 Å². The van der Waals surface area contributed by atoms with Crippen molar-refractivity contribution in [1.29, 1.82) is 0 Å². The first kappa shape index (κ1) is 9.67. The van der Waals surface area contributed by atoms with Crippen LogP contribution in [0, 0.1) is 0 Å². The van der Waals surface area contributed by atoms with Crippen molar-refractivity contribution in [3.8, 4) is 5.75 Å². The third-order valence-corrected chi connectivity index (χ3v) is 1.79. The highest BCUT2D eigenvalue weighted by molar-refractivity contribution is 5.20. The zero-order chi connectivity index (χ0) is 10.5. The van der Waals surface area contributed by atoms with Gasteiger partial charge in [0.25, 0.3) is 5.89 Å². The Kier molecular flexibility index (Phi) is 2.94. The summed E-state index contributed by atoms with van der Waals surface area (Å²) in [5, 5.41) is 7.51. The molecule has 0 aliphatic rings. The van der Waals surface area contributed by atoms with Gasteiger partial charge in [-0.1, -0.05) is 18.2 Å². The van der Waals surface area contributed by atoms with E-state index in [-0.39, 0.29) is 13.2 Å². The molecule has 1 aromatic heterocycles. The molecule has 0 unspecified atom stereocenters. The lowest BCUT2D eigenvalue weighted by molar-refractivity contribution is 0.259. The first-order chi connectivity index (χ1) is 7.38. The fraction of sp³-hybridized carbons (Fsp3) is 0.200. The van der Waals surface area contributed by atoms with Crippen LogP contribution in [0.5, 0.6) is 5.75 Å². The van der Waals surface area contributed by atoms with E-state index in [1.807, 2.05) is 30.3 Å². The number of rotatable bonds is 4. The van der Waals surface area contributed by atoms with Gasteiger partial charge in [0.1, 0.15) is 5.75 Å². The van der Waals surface area contributed by atoms with Gasteiger partial charge < -0.3 is 14.9 Å². The SMILES string of the molecule is NCc1nnc(COc2ccccc2)o1. The van der Waals surface area contributed by atoms with Crippen LogP contribution < -0.4 is 10.5 Å². The van der Waals surface area contributed by atoms with E-state index in [9.17, 15) is 0 Å². The predicted octanol–water partition coefficient (Wildman–Crippen LogP) is 1.11. The molecule has 2 N–H and O–H groups in total. The number of hydrogen-bond acceptors (Lipinski definition) is 5. The molecule has 0 saturated carbocycles. The van der Waals surface area contributed by atoms with Crippen LogP contribution >= 0.6 is 0 Å². The summed E-state index contributed by atoms with van der Waals surface area (Å²) in [5.74, 6) is 1.62. The van der Waals surface area contributed by atoms with Gasteiger partial charge in [-0.15, -0.1) is 10.2 Å². The Morgan fingerprint density at radius 1 is 1.13 bits per heavy atom. The second-order valence-electron chi connectivity index (χ2n) is 2.90. The maximum atomic E-state index is 5.41. The summed E-state index contributed by atoms with van der Waals surface area (Å²) in [6.45, 7) is 0.509. The van der Waals surface area contributed by atoms with E-state index in [4.69, 9.17) is 14.9 Å². The van der Waals surface area contributed by atoms with Crippen LogP contribution in [0.25, 0.3) is 0 Å². The Morgan fingerprint density at radius 3 is 2.53 bits per heavy atom. The molecular formula is C10H11N3O2. The molecule has 2 rings (SSSR count). The van der Waals surface area contributed by atoms with Crippen molar-refractivity contribution < 1.29 is 9.15 Å². The first-order valence-corrected chi connectivity index (χ1v) is 4.57. The van der Waals surface area contributed by atoms with E-state index < -0.39 is 0 Å². The highest BCUT2D eigenvalue weighted by Gasteiger charge is 2.04. The lowest BCUT2D eigenvalue weighted by Gasteiger charge is -2.01. The Bertz CT molecular complexity index is 414. The van der Waals surface area contributed by atoms with Crippen LogP contribution in [0.1, 0.15) is 11.8 Å². The molecule has 0 amide bonds. The first-order valence-electron chi connectivity index (χ1n) is 4.57. The molecule has 0 atom stereocenters. The fourth-order valence-corrected chi connectivity index (χ4v) is 1.09. The zero-order valence-corrected chi connectivity index (χ0v) is 8.09. The quantitative estimate of drug-likeness (QED) is 0.809. The second kappa shape index (κ2) is 4.56. The number of hydrogen-bond donors (Lipinski definition) is 1. The maximum absolute atomic E-state index is 5.41. The van der Waals surface area contributed by atoms with Crippen LogP contribution in [0.4, 0.5) is 0 Å². The van der Waals surface area contributed by atoms with Crippen LogP contribution in [0.2, 0.25) is 0 Å². The number of benzene rings is 1. The molecule has 0 saturated heterocycles. The number of para-hydroxylation sites is 1. The molecule has 0 aliphatic carbocycles. The Labute approximate surface area is 86.9 Å². The summed E-state index contributed by atoms with van der Waals surface area (Å²) in [6, 6.07) is 9.44. The predicted molar refractivity (Wildman–Crippen MR) is 53.0 cm³/mol. The van der Waals surface area contributed by atoms with Gasteiger partial charge >= 0.3 is 0 Å². The van der Waals surface area contributed by atoms with Gasteiger partial charge in [-0.05, 0) is 12.1 Å². The van der Waals surface area contributed by atoms with Crippen LogP contribution in [0.3, 0.4) is 0 Å². The molecule has 15 heavy (non-hydrogen) atoms. The second-order valence-corrected chi connectivity index (χ2v) is 2.90. The molecule has 0 aliphatic heterocycles. The van der Waals surface area contributed by atoms with Gasteiger partial charge in [-0.3, -0.25) is 0 Å². The van der Waals surface area contributed by atoms with Gasteiger partial charge in [0.2, 0.25) is 5.89 Å². The minimum Gasteiger partial charge on any atom is -0.484 e. The average Bonchev–Trinajstić information content (AvgIpc) is 2.76. The van der Waals surface area contributed by atoms with Crippen molar-refractivity contribution >= 4 is 0 Å². The minimum absolute atomic E-state index is 0.248. The lowest BCUT2D eigenvalue weighted by atomic mass is 10.3. The molecule has 5 heteroatoms. The number of nitrogens with zero attached hydrogens (tertiary/aromatic N) is 2. The van der Waals surface area contributed by atoms with Gasteiger partial charge in [0.05, 0.1) is 6.54 Å². The molecule has 5 nitrogen and oxygen atoms in total. The summed E-state index contributed by atoms with van der Waals surface area (Å²) in [4.78, 5) is 0. The molecule has 78 valence electrons. The van der Waals surface area contributed by atoms with Crippen molar-refractivity contribution in [1.82, 2.24) is 10.2 Å². The molecule has 1 aromatic carbocycles. The van der Waals surface area contributed by atoms with Gasteiger partial charge in [-0.25, -0.2) is 0 Å². The highest BCUT2D eigenvalue weighted by Crippen LogP contribution is 2.10. The summed E-state index contributed by atoms with van der Waals surface area (Å²) in [5.41, 5.74) is 5.33. The number of nitrogens with two attached hydrogens (primary N) is 1. The third kappa shape index (κ3) is 2.54. The normalized spacial score (nSPS) is 10.2. The lowest BCUT2D eigenvalue weighted by Crippen LogP contribution is -1.95. The Balaban J connectivity index is 1.93. The van der Waals surface area contributed by atoms with E-state index >= 15 is 0 Å². The van der Waals surface area contributed by atoms with E-state index in [0.717, 1.165) is 5.75 Å². The largest absolute Gasteiger partial charge is 0.484 e. The number of aromatic nitrogens is 2. The Hall–Kier alpha value is -1.88. The smallest absolute Gasteiger partial charge is 0.253 e. The molecule has 0 spiro atoms. The molecule has 0 radical (unpaired) electrons. The molecule has 0 fully saturated rings. The van der Waals surface area contributed by atoms with E-state index in [1.54, 1.807) is 0 Å². The molecule has 0 bridgehead atoms. The van der Waals surface area contributed by atoms with Crippen LogP contribution in [-0.4, -0.2) is 10.2 Å². The number of ether oxygens (including phenoxy) is 1. The van der Waals surface area contributed by atoms with Crippen molar-refractivity contribution in [3.63, 3.8) is 0 Å². The van der Waals surface area contributed by atoms with Crippen molar-refractivity contribution in [2.24, 2.45) is 5.73 Å². The summed E-state index contributed by atoms with van der Waals surface area (Å²) in [6.07, 6.45) is 0. The average molecular weight is 205 g/mol. The van der Waals surface area contributed by atoms with E-state index in [0.29, 0.717) is 11.8 Å². The summed E-state index contributed by atoms with van der Waals surface area (Å²) >= 11 is 0. The maximum Gasteiger partial charge on any atom is 0.253 e. The van der Waals surface area contributed by atoms with E-state index in [2.05, 4.69) is 10.2 Å². The highest BCUT2D eigenvalue weighted by atomic mass is 16.5. The van der Waals surface area contributed by atoms with Crippen LogP contribution in [0.15, 0.2) is 34.7 Å².